The summed E-state index contributed by atoms with van der Waals surface area (Å²) in [5.74, 6) is 0.972. The summed E-state index contributed by atoms with van der Waals surface area (Å²) >= 11 is 0. The number of hydrogen-bond donors (Lipinski definition) is 1. The van der Waals surface area contributed by atoms with Gasteiger partial charge in [-0.3, -0.25) is 4.79 Å². The van der Waals surface area contributed by atoms with Crippen LogP contribution in [0.1, 0.15) is 31.5 Å². The number of hydrogen-bond acceptors (Lipinski definition) is 4. The number of nitrogens with one attached hydrogen (secondary N) is 1. The highest BCUT2D eigenvalue weighted by molar-refractivity contribution is 5.81. The van der Waals surface area contributed by atoms with Gasteiger partial charge in [0.25, 0.3) is 5.91 Å². The number of carbonyl (C=O) groups is 2. The maximum atomic E-state index is 12.9. The predicted octanol–water partition coefficient (Wildman–Crippen LogP) is 0.535. The average molecular weight is 347 g/mol. The number of rotatable bonds is 1. The minimum Gasteiger partial charge on any atom is -0.352 e. The first kappa shape index (κ1) is 16.4. The summed E-state index contributed by atoms with van der Waals surface area (Å²) in [6, 6.07) is -0.0707. The van der Waals surface area contributed by atoms with Gasteiger partial charge in [0.2, 0.25) is 0 Å². The number of imidazole rings is 1. The lowest BCUT2D eigenvalue weighted by atomic mass is 9.88. The van der Waals surface area contributed by atoms with Gasteiger partial charge in [-0.25, -0.2) is 9.78 Å². The number of ether oxygens (including phenoxy) is 1. The molecule has 4 heterocycles. The molecule has 3 aliphatic rings. The van der Waals surface area contributed by atoms with E-state index in [4.69, 9.17) is 4.74 Å². The van der Waals surface area contributed by atoms with E-state index < -0.39 is 11.7 Å². The maximum absolute atomic E-state index is 12.9. The van der Waals surface area contributed by atoms with Crippen LogP contribution in [0.2, 0.25) is 0 Å². The first-order valence-corrected chi connectivity index (χ1v) is 9.08. The molecule has 0 radical (unpaired) electrons. The van der Waals surface area contributed by atoms with Crippen molar-refractivity contribution in [2.75, 3.05) is 33.2 Å². The Morgan fingerprint density at radius 2 is 1.92 bits per heavy atom. The quantitative estimate of drug-likeness (QED) is 0.804. The van der Waals surface area contributed by atoms with Gasteiger partial charge in [0, 0.05) is 58.5 Å². The van der Waals surface area contributed by atoms with Crippen LogP contribution in [0.25, 0.3) is 0 Å². The molecule has 8 heteroatoms. The van der Waals surface area contributed by atoms with E-state index in [1.165, 1.54) is 0 Å². The van der Waals surface area contributed by atoms with Crippen LogP contribution in [0.3, 0.4) is 0 Å². The number of aromatic nitrogens is 2. The standard InChI is InChI=1S/C17H25N5O3/c1-18-16(24)21-9-4-17(5-10-21)15-19-6-11-22(15)12-13(25-17)14(23)20-7-2-3-8-20/h6,11,13H,2-5,7-10,12H2,1H3,(H,18,24)/t13-/m0/s1. The van der Waals surface area contributed by atoms with Crippen molar-refractivity contribution in [2.24, 2.45) is 0 Å². The minimum atomic E-state index is -0.577. The maximum Gasteiger partial charge on any atom is 0.317 e. The van der Waals surface area contributed by atoms with E-state index in [2.05, 4.69) is 14.9 Å². The second-order valence-electron chi connectivity index (χ2n) is 7.08. The number of likely N-dealkylation sites (tertiary alicyclic amines) is 2. The molecule has 1 N–H and O–H groups in total. The molecule has 0 bridgehead atoms. The van der Waals surface area contributed by atoms with Crippen molar-refractivity contribution in [1.82, 2.24) is 24.7 Å². The molecule has 2 fully saturated rings. The van der Waals surface area contributed by atoms with E-state index in [-0.39, 0.29) is 11.9 Å². The fourth-order valence-corrected chi connectivity index (χ4v) is 4.24. The molecule has 136 valence electrons. The van der Waals surface area contributed by atoms with Crippen LogP contribution >= 0.6 is 0 Å². The zero-order valence-electron chi connectivity index (χ0n) is 14.6. The third-order valence-corrected chi connectivity index (χ3v) is 5.62. The SMILES string of the molecule is CNC(=O)N1CCC2(CC1)O[C@H](C(=O)N1CCCC1)Cn1ccnc12. The molecular formula is C17H25N5O3. The van der Waals surface area contributed by atoms with Crippen LogP contribution in [0.4, 0.5) is 4.79 Å². The lowest BCUT2D eigenvalue weighted by molar-refractivity contribution is -0.179. The van der Waals surface area contributed by atoms with Gasteiger partial charge >= 0.3 is 6.03 Å². The fourth-order valence-electron chi connectivity index (χ4n) is 4.24. The zero-order valence-corrected chi connectivity index (χ0v) is 14.6. The van der Waals surface area contributed by atoms with E-state index in [1.807, 2.05) is 11.1 Å². The lowest BCUT2D eigenvalue weighted by Gasteiger charge is -2.45. The van der Waals surface area contributed by atoms with Gasteiger partial charge in [-0.2, -0.15) is 0 Å². The predicted molar refractivity (Wildman–Crippen MR) is 89.9 cm³/mol. The summed E-state index contributed by atoms with van der Waals surface area (Å²) in [5, 5.41) is 2.67. The van der Waals surface area contributed by atoms with Crippen molar-refractivity contribution in [3.05, 3.63) is 18.2 Å². The Morgan fingerprint density at radius 3 is 2.60 bits per heavy atom. The van der Waals surface area contributed by atoms with Gasteiger partial charge in [0.05, 0.1) is 6.54 Å². The number of urea groups is 1. The van der Waals surface area contributed by atoms with Gasteiger partial charge in [0.1, 0.15) is 11.4 Å². The Morgan fingerprint density at radius 1 is 1.20 bits per heavy atom. The summed E-state index contributed by atoms with van der Waals surface area (Å²) in [6.07, 6.45) is 6.68. The first-order valence-electron chi connectivity index (χ1n) is 9.08. The number of nitrogens with zero attached hydrogens (tertiary/aromatic N) is 4. The lowest BCUT2D eigenvalue weighted by Crippen LogP contribution is -2.55. The van der Waals surface area contributed by atoms with Crippen molar-refractivity contribution < 1.29 is 14.3 Å². The fraction of sp³-hybridized carbons (Fsp3) is 0.706. The molecule has 1 aromatic rings. The van der Waals surface area contributed by atoms with Crippen LogP contribution in [0.5, 0.6) is 0 Å². The third kappa shape index (κ3) is 2.78. The molecule has 0 unspecified atom stereocenters. The van der Waals surface area contributed by atoms with Gasteiger partial charge in [-0.15, -0.1) is 0 Å². The van der Waals surface area contributed by atoms with E-state index in [1.54, 1.807) is 18.1 Å². The molecule has 25 heavy (non-hydrogen) atoms. The topological polar surface area (TPSA) is 79.7 Å². The molecule has 3 aliphatic heterocycles. The van der Waals surface area contributed by atoms with Gasteiger partial charge in [0.15, 0.2) is 6.10 Å². The highest BCUT2D eigenvalue weighted by Gasteiger charge is 2.48. The molecule has 0 aromatic carbocycles. The van der Waals surface area contributed by atoms with Crippen molar-refractivity contribution in [2.45, 2.75) is 43.9 Å². The van der Waals surface area contributed by atoms with Crippen LogP contribution in [-0.4, -0.2) is 70.6 Å². The summed E-state index contributed by atoms with van der Waals surface area (Å²) < 4.78 is 8.46. The zero-order chi connectivity index (χ0) is 17.4. The summed E-state index contributed by atoms with van der Waals surface area (Å²) in [5.41, 5.74) is -0.577. The Hall–Kier alpha value is -2.09. The Balaban J connectivity index is 1.55. The molecule has 1 spiro atoms. The Bertz CT molecular complexity index is 659. The van der Waals surface area contributed by atoms with E-state index in [0.29, 0.717) is 32.5 Å². The normalized spacial score (nSPS) is 25.1. The molecule has 0 saturated carbocycles. The van der Waals surface area contributed by atoms with Gasteiger partial charge < -0.3 is 24.4 Å². The second-order valence-corrected chi connectivity index (χ2v) is 7.08. The summed E-state index contributed by atoms with van der Waals surface area (Å²) in [7, 11) is 1.64. The third-order valence-electron chi connectivity index (χ3n) is 5.62. The summed E-state index contributed by atoms with van der Waals surface area (Å²) in [6.45, 7) is 3.36. The molecule has 1 aromatic heterocycles. The van der Waals surface area contributed by atoms with Crippen molar-refractivity contribution in [3.63, 3.8) is 0 Å². The van der Waals surface area contributed by atoms with E-state index in [0.717, 1.165) is 31.8 Å². The van der Waals surface area contributed by atoms with Crippen LogP contribution in [0, 0.1) is 0 Å². The van der Waals surface area contributed by atoms with Crippen molar-refractivity contribution in [3.8, 4) is 0 Å². The van der Waals surface area contributed by atoms with E-state index >= 15 is 0 Å². The monoisotopic (exact) mass is 347 g/mol. The highest BCUT2D eigenvalue weighted by atomic mass is 16.5. The van der Waals surface area contributed by atoms with Gasteiger partial charge in [-0.1, -0.05) is 0 Å². The highest BCUT2D eigenvalue weighted by Crippen LogP contribution is 2.40. The molecule has 0 aliphatic carbocycles. The molecule has 1 atom stereocenters. The smallest absolute Gasteiger partial charge is 0.317 e. The van der Waals surface area contributed by atoms with E-state index in [9.17, 15) is 9.59 Å². The van der Waals surface area contributed by atoms with Crippen LogP contribution < -0.4 is 5.32 Å². The molecule has 3 amide bonds. The van der Waals surface area contributed by atoms with Crippen molar-refractivity contribution in [1.29, 1.82) is 0 Å². The van der Waals surface area contributed by atoms with Gasteiger partial charge in [-0.05, 0) is 12.8 Å². The second kappa shape index (κ2) is 6.33. The minimum absolute atomic E-state index is 0.0707. The van der Waals surface area contributed by atoms with Crippen LogP contribution in [0.15, 0.2) is 12.4 Å². The molecule has 2 saturated heterocycles. The molecule has 4 rings (SSSR count). The first-order chi connectivity index (χ1) is 12.1. The number of fused-ring (bicyclic) bond motifs is 2. The Kier molecular flexibility index (Phi) is 4.15. The molecule has 8 nitrogen and oxygen atoms in total. The number of amides is 3. The average Bonchev–Trinajstić information content (AvgIpc) is 3.33. The summed E-state index contributed by atoms with van der Waals surface area (Å²) in [4.78, 5) is 33.0. The van der Waals surface area contributed by atoms with Crippen LogP contribution in [-0.2, 0) is 21.7 Å². The molecular weight excluding hydrogens is 322 g/mol. The Labute approximate surface area is 147 Å². The largest absolute Gasteiger partial charge is 0.352 e. The number of piperidine rings is 1. The number of carbonyl (C=O) groups excluding carboxylic acids is 2. The van der Waals surface area contributed by atoms with Crippen molar-refractivity contribution >= 4 is 11.9 Å².